The number of alkyl halides is 1. The third kappa shape index (κ3) is 2.85. The molecule has 0 aliphatic rings. The number of hydrogen-bond acceptors (Lipinski definition) is 1. The summed E-state index contributed by atoms with van der Waals surface area (Å²) >= 11 is 5.55. The first-order valence-electron chi connectivity index (χ1n) is 3.27. The van der Waals surface area contributed by atoms with Gasteiger partial charge in [-0.1, -0.05) is 13.8 Å². The molecule has 2 heteroatoms. The molecule has 0 aromatic rings. The molecule has 0 radical (unpaired) electrons. The van der Waals surface area contributed by atoms with Gasteiger partial charge in [-0.2, -0.15) is 0 Å². The van der Waals surface area contributed by atoms with Crippen molar-refractivity contribution < 1.29 is 4.79 Å². The zero-order chi connectivity index (χ0) is 7.44. The van der Waals surface area contributed by atoms with E-state index in [0.29, 0.717) is 0 Å². The van der Waals surface area contributed by atoms with Crippen LogP contribution in [-0.2, 0) is 4.79 Å². The van der Waals surface area contributed by atoms with Crippen molar-refractivity contribution in [2.75, 3.05) is 0 Å². The lowest BCUT2D eigenvalue weighted by molar-refractivity contribution is -0.121. The molecule has 9 heavy (non-hydrogen) atoms. The molecule has 0 aliphatic carbocycles. The fraction of sp³-hybridized carbons (Fsp3) is 0.857. The molecule has 1 nitrogen and oxygen atoms in total. The highest BCUT2D eigenvalue weighted by atomic mass is 35.5. The maximum absolute atomic E-state index is 10.9. The van der Waals surface area contributed by atoms with E-state index in [9.17, 15) is 4.79 Å². The molecule has 0 aliphatic heterocycles. The first kappa shape index (κ1) is 8.96. The van der Waals surface area contributed by atoms with Crippen LogP contribution in [0.15, 0.2) is 0 Å². The predicted octanol–water partition coefficient (Wildman–Crippen LogP) is 2.23. The lowest BCUT2D eigenvalue weighted by atomic mass is 10.0. The van der Waals surface area contributed by atoms with E-state index >= 15 is 0 Å². The van der Waals surface area contributed by atoms with Crippen LogP contribution in [0.5, 0.6) is 0 Å². The van der Waals surface area contributed by atoms with Crippen molar-refractivity contribution in [2.45, 2.75) is 32.6 Å². The van der Waals surface area contributed by atoms with Crippen LogP contribution in [0.4, 0.5) is 0 Å². The van der Waals surface area contributed by atoms with Gasteiger partial charge >= 0.3 is 0 Å². The van der Waals surface area contributed by atoms with E-state index in [1.807, 2.05) is 13.8 Å². The minimum absolute atomic E-state index is 0.123. The van der Waals surface area contributed by atoms with Crippen LogP contribution in [0, 0.1) is 5.92 Å². The molecule has 0 N–H and O–H groups in total. The third-order valence-electron chi connectivity index (χ3n) is 1.49. The van der Waals surface area contributed by atoms with Crippen LogP contribution in [0.2, 0.25) is 0 Å². The van der Waals surface area contributed by atoms with Crippen LogP contribution in [0.1, 0.15) is 27.2 Å². The van der Waals surface area contributed by atoms with Gasteiger partial charge in [0, 0.05) is 5.92 Å². The molecule has 0 saturated carbocycles. The van der Waals surface area contributed by atoms with E-state index in [4.69, 9.17) is 11.6 Å². The summed E-state index contributed by atoms with van der Waals surface area (Å²) in [7, 11) is 0. The second-order valence-electron chi connectivity index (χ2n) is 2.33. The number of hydrogen-bond donors (Lipinski definition) is 0. The number of rotatable bonds is 3. The van der Waals surface area contributed by atoms with E-state index < -0.39 is 0 Å². The Morgan fingerprint density at radius 2 is 2.00 bits per heavy atom. The normalized spacial score (nSPS) is 16.9. The Kier molecular flexibility index (Phi) is 3.87. The Morgan fingerprint density at radius 1 is 1.56 bits per heavy atom. The van der Waals surface area contributed by atoms with Gasteiger partial charge in [-0.25, -0.2) is 0 Å². The summed E-state index contributed by atoms with van der Waals surface area (Å²) in [5, 5.41) is -0.319. The van der Waals surface area contributed by atoms with Crippen LogP contribution < -0.4 is 0 Å². The zero-order valence-corrected chi connectivity index (χ0v) is 6.90. The topological polar surface area (TPSA) is 17.1 Å². The summed E-state index contributed by atoms with van der Waals surface area (Å²) in [5.41, 5.74) is 0. The van der Waals surface area contributed by atoms with Crippen molar-refractivity contribution in [3.05, 3.63) is 0 Å². The van der Waals surface area contributed by atoms with Crippen LogP contribution in [0.25, 0.3) is 0 Å². The molecule has 0 bridgehead atoms. The molecule has 2 atom stereocenters. The highest BCUT2D eigenvalue weighted by Crippen LogP contribution is 2.08. The van der Waals surface area contributed by atoms with Crippen molar-refractivity contribution >= 4 is 17.4 Å². The Morgan fingerprint density at radius 3 is 2.11 bits per heavy atom. The number of ketones is 1. The number of carbonyl (C=O) groups is 1. The second-order valence-corrected chi connectivity index (χ2v) is 2.98. The number of carbonyl (C=O) groups excluding carboxylic acids is 1. The Hall–Kier alpha value is -0.0400. The summed E-state index contributed by atoms with van der Waals surface area (Å²) in [6.07, 6.45) is 0.885. The molecule has 0 fully saturated rings. The van der Waals surface area contributed by atoms with E-state index in [1.165, 1.54) is 0 Å². The molecule has 2 unspecified atom stereocenters. The Balaban J connectivity index is 3.73. The molecular weight excluding hydrogens is 136 g/mol. The highest BCUT2D eigenvalue weighted by molar-refractivity contribution is 6.31. The van der Waals surface area contributed by atoms with Crippen molar-refractivity contribution in [3.63, 3.8) is 0 Å². The highest BCUT2D eigenvalue weighted by Gasteiger charge is 2.15. The van der Waals surface area contributed by atoms with Gasteiger partial charge in [0.2, 0.25) is 0 Å². The van der Waals surface area contributed by atoms with Gasteiger partial charge in [-0.05, 0) is 13.3 Å². The molecule has 0 heterocycles. The summed E-state index contributed by atoms with van der Waals surface area (Å²) in [6, 6.07) is 0. The summed E-state index contributed by atoms with van der Waals surface area (Å²) < 4.78 is 0. The Bertz CT molecular complexity index is 99.1. The van der Waals surface area contributed by atoms with E-state index in [-0.39, 0.29) is 17.1 Å². The van der Waals surface area contributed by atoms with Crippen LogP contribution in [0.3, 0.4) is 0 Å². The van der Waals surface area contributed by atoms with Crippen molar-refractivity contribution in [1.29, 1.82) is 0 Å². The maximum atomic E-state index is 10.9. The first-order valence-corrected chi connectivity index (χ1v) is 3.71. The average molecular weight is 149 g/mol. The standard InChI is InChI=1S/C7H13ClO/c1-4-5(2)7(9)6(3)8/h5-6H,4H2,1-3H3. The van der Waals surface area contributed by atoms with Gasteiger partial charge in [0.15, 0.2) is 5.78 Å². The largest absolute Gasteiger partial charge is 0.298 e. The minimum Gasteiger partial charge on any atom is -0.298 e. The van der Waals surface area contributed by atoms with E-state index in [2.05, 4.69) is 0 Å². The predicted molar refractivity (Wildman–Crippen MR) is 39.8 cm³/mol. The average Bonchev–Trinajstić information content (AvgIpc) is 1.84. The lowest BCUT2D eigenvalue weighted by Gasteiger charge is -2.07. The molecule has 0 amide bonds. The first-order chi connectivity index (χ1) is 4.09. The minimum atomic E-state index is -0.319. The molecular formula is C7H13ClO. The number of halogens is 1. The van der Waals surface area contributed by atoms with Gasteiger partial charge in [0.05, 0.1) is 5.38 Å². The molecule has 0 rings (SSSR count). The third-order valence-corrected chi connectivity index (χ3v) is 1.71. The quantitative estimate of drug-likeness (QED) is 0.561. The van der Waals surface area contributed by atoms with Crippen LogP contribution >= 0.6 is 11.6 Å². The Labute approximate surface area is 61.4 Å². The fourth-order valence-electron chi connectivity index (χ4n) is 0.593. The number of Topliss-reactive ketones (excluding diaryl/α,β-unsaturated/α-hetero) is 1. The molecule has 54 valence electrons. The second kappa shape index (κ2) is 3.89. The smallest absolute Gasteiger partial charge is 0.153 e. The van der Waals surface area contributed by atoms with Crippen molar-refractivity contribution in [1.82, 2.24) is 0 Å². The van der Waals surface area contributed by atoms with Gasteiger partial charge in [-0.3, -0.25) is 4.79 Å². The van der Waals surface area contributed by atoms with E-state index in [0.717, 1.165) is 6.42 Å². The van der Waals surface area contributed by atoms with Crippen molar-refractivity contribution in [3.8, 4) is 0 Å². The molecule has 0 saturated heterocycles. The zero-order valence-electron chi connectivity index (χ0n) is 6.15. The monoisotopic (exact) mass is 148 g/mol. The fourth-order valence-corrected chi connectivity index (χ4v) is 0.808. The lowest BCUT2D eigenvalue weighted by Crippen LogP contribution is -2.18. The molecule has 0 spiro atoms. The molecule has 0 aromatic heterocycles. The van der Waals surface area contributed by atoms with Gasteiger partial charge in [0.25, 0.3) is 0 Å². The summed E-state index contributed by atoms with van der Waals surface area (Å²) in [5.74, 6) is 0.275. The molecule has 0 aromatic carbocycles. The summed E-state index contributed by atoms with van der Waals surface area (Å²) in [4.78, 5) is 10.9. The van der Waals surface area contributed by atoms with Gasteiger partial charge < -0.3 is 0 Å². The SMILES string of the molecule is CCC(C)C(=O)C(C)Cl. The van der Waals surface area contributed by atoms with Crippen LogP contribution in [-0.4, -0.2) is 11.2 Å². The van der Waals surface area contributed by atoms with Crippen molar-refractivity contribution in [2.24, 2.45) is 5.92 Å². The maximum Gasteiger partial charge on any atom is 0.153 e. The van der Waals surface area contributed by atoms with E-state index in [1.54, 1.807) is 6.92 Å². The van der Waals surface area contributed by atoms with Gasteiger partial charge in [0.1, 0.15) is 0 Å². The summed E-state index contributed by atoms with van der Waals surface area (Å²) in [6.45, 7) is 5.61. The van der Waals surface area contributed by atoms with Gasteiger partial charge in [-0.15, -0.1) is 11.6 Å².